The molecule has 0 bridgehead atoms. The molecule has 0 radical (unpaired) electrons. The molecule has 2 heterocycles. The normalized spacial score (nSPS) is 8.25. The molecule has 24 heavy (non-hydrogen) atoms. The van der Waals surface area contributed by atoms with Crippen LogP contribution < -0.4 is 0 Å². The molecular formula is C19H29N3S2. The van der Waals surface area contributed by atoms with E-state index in [0.717, 1.165) is 25.5 Å². The van der Waals surface area contributed by atoms with Crippen molar-refractivity contribution in [2.24, 2.45) is 4.99 Å². The molecule has 0 aliphatic carbocycles. The van der Waals surface area contributed by atoms with E-state index in [9.17, 15) is 0 Å². The predicted molar refractivity (Wildman–Crippen MR) is 116 cm³/mol. The second-order valence-electron chi connectivity index (χ2n) is 3.67. The number of nitrogens with zero attached hydrogens (tertiary/aromatic N) is 3. The van der Waals surface area contributed by atoms with E-state index in [1.54, 1.807) is 34.8 Å². The standard InChI is InChI=1S/C8H9NS.C7H8N2S.2C2H6/c1-4-7-8(5-2)10-6(3)9-7;1-4-6-7(8-3)9-5(2)10-6;2*1-2/h4-5H,1-2H2,3H3;4H,1,3H2,2H3;2*1-2H3. The number of aromatic nitrogens is 2. The average molecular weight is 364 g/mol. The second kappa shape index (κ2) is 14.7. The van der Waals surface area contributed by atoms with Crippen LogP contribution in [0.5, 0.6) is 0 Å². The van der Waals surface area contributed by atoms with Crippen LogP contribution in [0.4, 0.5) is 5.82 Å². The molecule has 0 aliphatic rings. The van der Waals surface area contributed by atoms with Crippen LogP contribution >= 0.6 is 22.7 Å². The summed E-state index contributed by atoms with van der Waals surface area (Å²) in [4.78, 5) is 14.2. The number of thiazole rings is 2. The predicted octanol–water partition coefficient (Wildman–Crippen LogP) is 7.22. The van der Waals surface area contributed by atoms with Gasteiger partial charge in [0.25, 0.3) is 0 Å². The summed E-state index contributed by atoms with van der Waals surface area (Å²) in [7, 11) is 0. The van der Waals surface area contributed by atoms with Gasteiger partial charge in [0, 0.05) is 0 Å². The van der Waals surface area contributed by atoms with Gasteiger partial charge in [0.05, 0.1) is 25.5 Å². The zero-order valence-corrected chi connectivity index (χ0v) is 17.4. The molecular weight excluding hydrogens is 334 g/mol. The number of hydrogen-bond donors (Lipinski definition) is 0. The first-order valence-electron chi connectivity index (χ1n) is 7.84. The van der Waals surface area contributed by atoms with E-state index in [4.69, 9.17) is 0 Å². The summed E-state index contributed by atoms with van der Waals surface area (Å²) < 4.78 is 0. The van der Waals surface area contributed by atoms with Gasteiger partial charge in [-0.15, -0.1) is 22.7 Å². The monoisotopic (exact) mass is 363 g/mol. The van der Waals surface area contributed by atoms with Gasteiger partial charge < -0.3 is 0 Å². The van der Waals surface area contributed by atoms with E-state index < -0.39 is 0 Å². The number of rotatable bonds is 4. The SMILES string of the molecule is C=Cc1nc(C)sc1C=C.C=Cc1sc(C)nc1N=C.CC.CC. The summed E-state index contributed by atoms with van der Waals surface area (Å²) in [6, 6.07) is 0. The molecule has 132 valence electrons. The third-order valence-electron chi connectivity index (χ3n) is 2.24. The maximum atomic E-state index is 4.23. The molecule has 0 N–H and O–H groups in total. The first-order chi connectivity index (χ1) is 11.5. The summed E-state index contributed by atoms with van der Waals surface area (Å²) in [6.45, 7) is 26.3. The fraction of sp³-hybridized carbons (Fsp3) is 0.316. The van der Waals surface area contributed by atoms with Crippen molar-refractivity contribution >= 4 is 53.4 Å². The Morgan fingerprint density at radius 2 is 1.25 bits per heavy atom. The third kappa shape index (κ3) is 8.13. The summed E-state index contributed by atoms with van der Waals surface area (Å²) in [5.74, 6) is 0.692. The van der Waals surface area contributed by atoms with Crippen molar-refractivity contribution < 1.29 is 0 Å². The Morgan fingerprint density at radius 3 is 1.58 bits per heavy atom. The van der Waals surface area contributed by atoms with Gasteiger partial charge in [-0.1, -0.05) is 47.4 Å². The fourth-order valence-electron chi connectivity index (χ4n) is 1.43. The molecule has 0 saturated heterocycles. The van der Waals surface area contributed by atoms with Crippen LogP contribution in [0.15, 0.2) is 24.7 Å². The van der Waals surface area contributed by atoms with Crippen molar-refractivity contribution in [3.63, 3.8) is 0 Å². The van der Waals surface area contributed by atoms with Crippen LogP contribution in [-0.2, 0) is 0 Å². The Kier molecular flexibility index (Phi) is 15.0. The van der Waals surface area contributed by atoms with Gasteiger partial charge in [0.1, 0.15) is 0 Å². The minimum Gasteiger partial charge on any atom is -0.244 e. The first kappa shape index (κ1) is 24.4. The van der Waals surface area contributed by atoms with E-state index in [-0.39, 0.29) is 0 Å². The van der Waals surface area contributed by atoms with Gasteiger partial charge >= 0.3 is 0 Å². The molecule has 5 heteroatoms. The summed E-state index contributed by atoms with van der Waals surface area (Å²) in [6.07, 6.45) is 5.30. The van der Waals surface area contributed by atoms with Gasteiger partial charge in [-0.05, 0) is 38.8 Å². The molecule has 0 aliphatic heterocycles. The van der Waals surface area contributed by atoms with Gasteiger partial charge in [-0.3, -0.25) is 0 Å². The smallest absolute Gasteiger partial charge is 0.169 e. The Balaban J connectivity index is 0. The summed E-state index contributed by atoms with van der Waals surface area (Å²) in [5.41, 5.74) is 0.942. The molecule has 0 unspecified atom stereocenters. The molecule has 0 saturated carbocycles. The number of aliphatic imine (C=N–C) groups is 1. The largest absolute Gasteiger partial charge is 0.244 e. The highest BCUT2D eigenvalue weighted by atomic mass is 32.1. The molecule has 2 aromatic heterocycles. The van der Waals surface area contributed by atoms with E-state index in [1.807, 2.05) is 47.6 Å². The molecule has 0 fully saturated rings. The Hall–Kier alpha value is -1.85. The Labute approximate surface area is 155 Å². The van der Waals surface area contributed by atoms with E-state index in [0.29, 0.717) is 5.82 Å². The number of hydrogen-bond acceptors (Lipinski definition) is 5. The van der Waals surface area contributed by atoms with Crippen molar-refractivity contribution in [3.8, 4) is 0 Å². The molecule has 0 aromatic carbocycles. The van der Waals surface area contributed by atoms with Crippen molar-refractivity contribution in [3.05, 3.63) is 45.2 Å². The Bertz CT molecular complexity index is 530. The third-order valence-corrected chi connectivity index (χ3v) is 4.18. The maximum absolute atomic E-state index is 4.23. The van der Waals surface area contributed by atoms with Gasteiger partial charge in [0.15, 0.2) is 5.82 Å². The van der Waals surface area contributed by atoms with Crippen LogP contribution in [0, 0.1) is 13.8 Å². The molecule has 0 spiro atoms. The van der Waals surface area contributed by atoms with Gasteiger partial charge in [0.2, 0.25) is 0 Å². The van der Waals surface area contributed by atoms with Crippen molar-refractivity contribution in [1.82, 2.24) is 9.97 Å². The summed E-state index contributed by atoms with van der Waals surface area (Å²) in [5, 5.41) is 2.06. The quantitative estimate of drug-likeness (QED) is 0.538. The zero-order valence-electron chi connectivity index (χ0n) is 15.7. The lowest BCUT2D eigenvalue weighted by molar-refractivity contribution is 1.26. The van der Waals surface area contributed by atoms with E-state index in [2.05, 4.69) is 41.4 Å². The van der Waals surface area contributed by atoms with Crippen molar-refractivity contribution in [1.29, 1.82) is 0 Å². The van der Waals surface area contributed by atoms with Crippen LogP contribution in [0.3, 0.4) is 0 Å². The Morgan fingerprint density at radius 1 is 0.792 bits per heavy atom. The van der Waals surface area contributed by atoms with E-state index >= 15 is 0 Å². The lowest BCUT2D eigenvalue weighted by Gasteiger charge is -1.83. The molecule has 2 aromatic rings. The topological polar surface area (TPSA) is 38.1 Å². The van der Waals surface area contributed by atoms with Crippen LogP contribution in [-0.4, -0.2) is 16.7 Å². The minimum atomic E-state index is 0.692. The average Bonchev–Trinajstić information content (AvgIpc) is 3.20. The van der Waals surface area contributed by atoms with Crippen LogP contribution in [0.1, 0.15) is 53.2 Å². The van der Waals surface area contributed by atoms with Gasteiger partial charge in [-0.2, -0.15) is 0 Å². The van der Waals surface area contributed by atoms with Crippen molar-refractivity contribution in [2.45, 2.75) is 41.5 Å². The molecule has 2 rings (SSSR count). The minimum absolute atomic E-state index is 0.692. The highest BCUT2D eigenvalue weighted by Crippen LogP contribution is 2.25. The van der Waals surface area contributed by atoms with Crippen LogP contribution in [0.2, 0.25) is 0 Å². The molecule has 0 atom stereocenters. The molecule has 3 nitrogen and oxygen atoms in total. The molecule has 0 amide bonds. The lowest BCUT2D eigenvalue weighted by atomic mass is 10.3. The zero-order chi connectivity index (χ0) is 19.1. The highest BCUT2D eigenvalue weighted by molar-refractivity contribution is 7.13. The van der Waals surface area contributed by atoms with Gasteiger partial charge in [-0.25, -0.2) is 15.0 Å². The van der Waals surface area contributed by atoms with Crippen molar-refractivity contribution in [2.75, 3.05) is 0 Å². The van der Waals surface area contributed by atoms with E-state index in [1.165, 1.54) is 0 Å². The lowest BCUT2D eigenvalue weighted by Crippen LogP contribution is -1.72. The highest BCUT2D eigenvalue weighted by Gasteiger charge is 2.01. The number of aryl methyl sites for hydroxylation is 2. The fourth-order valence-corrected chi connectivity index (χ4v) is 2.94. The maximum Gasteiger partial charge on any atom is 0.169 e. The first-order valence-corrected chi connectivity index (χ1v) is 9.47. The van der Waals surface area contributed by atoms with Crippen LogP contribution in [0.25, 0.3) is 18.2 Å². The summed E-state index contributed by atoms with van der Waals surface area (Å²) >= 11 is 3.21. The second-order valence-corrected chi connectivity index (χ2v) is 6.14.